The zero-order valence-electron chi connectivity index (χ0n) is 15.1. The van der Waals surface area contributed by atoms with E-state index in [9.17, 15) is 9.90 Å². The zero-order chi connectivity index (χ0) is 18.5. The summed E-state index contributed by atoms with van der Waals surface area (Å²) in [7, 11) is 3.18. The summed E-state index contributed by atoms with van der Waals surface area (Å²) in [5.74, 6) is 1.27. The maximum atomic E-state index is 12.3. The predicted octanol–water partition coefficient (Wildman–Crippen LogP) is 0.525. The fourth-order valence-electron chi connectivity index (χ4n) is 3.04. The Morgan fingerprint density at radius 1 is 1.23 bits per heavy atom. The first-order valence-electron chi connectivity index (χ1n) is 8.49. The fraction of sp³-hybridized carbons (Fsp3) is 0.444. The maximum Gasteiger partial charge on any atom is 0.234 e. The minimum Gasteiger partial charge on any atom is -0.493 e. The average molecular weight is 360 g/mol. The van der Waals surface area contributed by atoms with Crippen molar-refractivity contribution in [2.45, 2.75) is 26.2 Å². The maximum absolute atomic E-state index is 12.3. The number of ether oxygens (including phenoxy) is 2. The van der Waals surface area contributed by atoms with E-state index in [-0.39, 0.29) is 12.5 Å². The number of amides is 1. The molecular formula is C18H24N4O4. The van der Waals surface area contributed by atoms with Crippen LogP contribution in [0.5, 0.6) is 11.5 Å². The summed E-state index contributed by atoms with van der Waals surface area (Å²) in [5.41, 5.74) is 2.63. The van der Waals surface area contributed by atoms with Gasteiger partial charge in [0.2, 0.25) is 5.91 Å². The lowest BCUT2D eigenvalue weighted by Crippen LogP contribution is -2.41. The third-order valence-corrected chi connectivity index (χ3v) is 4.39. The number of carbonyl (C=O) groups is 1. The molecule has 1 aromatic heterocycles. The zero-order valence-corrected chi connectivity index (χ0v) is 15.1. The van der Waals surface area contributed by atoms with Crippen molar-refractivity contribution in [3.63, 3.8) is 0 Å². The van der Waals surface area contributed by atoms with Gasteiger partial charge in [0.15, 0.2) is 11.5 Å². The normalized spacial score (nSPS) is 14.0. The Bertz CT molecular complexity index is 775. The van der Waals surface area contributed by atoms with E-state index in [0.717, 1.165) is 24.3 Å². The summed E-state index contributed by atoms with van der Waals surface area (Å²) < 4.78 is 12.4. The molecule has 3 rings (SSSR count). The summed E-state index contributed by atoms with van der Waals surface area (Å²) in [6.07, 6.45) is 0. The van der Waals surface area contributed by atoms with Crippen molar-refractivity contribution in [2.24, 2.45) is 0 Å². The second kappa shape index (κ2) is 8.20. The molecule has 2 N–H and O–H groups in total. The number of hydrogen-bond acceptors (Lipinski definition) is 6. The fourth-order valence-corrected chi connectivity index (χ4v) is 3.04. The largest absolute Gasteiger partial charge is 0.493 e. The molecule has 1 amide bonds. The molecule has 0 spiro atoms. The smallest absolute Gasteiger partial charge is 0.234 e. The number of methoxy groups -OCH3 is 2. The van der Waals surface area contributed by atoms with Gasteiger partial charge in [0.05, 0.1) is 45.3 Å². The van der Waals surface area contributed by atoms with Gasteiger partial charge < -0.3 is 19.9 Å². The van der Waals surface area contributed by atoms with E-state index >= 15 is 0 Å². The standard InChI is InChI=1S/C18H24N4O4/c1-25-16-4-3-13(7-17(16)26-2)9-19-18(24)11-21-5-6-22-15(10-21)8-14(12-23)20-22/h3-4,7-8,23H,5-6,9-12H2,1-2H3,(H,19,24). The topological polar surface area (TPSA) is 88.9 Å². The molecule has 2 heterocycles. The van der Waals surface area contributed by atoms with E-state index in [2.05, 4.69) is 15.3 Å². The van der Waals surface area contributed by atoms with E-state index in [1.807, 2.05) is 28.9 Å². The van der Waals surface area contributed by atoms with Crippen molar-refractivity contribution in [1.82, 2.24) is 20.0 Å². The highest BCUT2D eigenvalue weighted by Gasteiger charge is 2.20. The molecule has 1 aromatic carbocycles. The Labute approximate surface area is 152 Å². The van der Waals surface area contributed by atoms with Crippen molar-refractivity contribution in [1.29, 1.82) is 0 Å². The SMILES string of the molecule is COc1ccc(CNC(=O)CN2CCn3nc(CO)cc3C2)cc1OC. The molecule has 0 fully saturated rings. The van der Waals surface area contributed by atoms with Crippen molar-refractivity contribution < 1.29 is 19.4 Å². The van der Waals surface area contributed by atoms with Crippen LogP contribution in [0.2, 0.25) is 0 Å². The van der Waals surface area contributed by atoms with Crippen LogP contribution < -0.4 is 14.8 Å². The van der Waals surface area contributed by atoms with Gasteiger partial charge in [-0.15, -0.1) is 0 Å². The van der Waals surface area contributed by atoms with Gasteiger partial charge in [0.25, 0.3) is 0 Å². The molecule has 0 unspecified atom stereocenters. The monoisotopic (exact) mass is 360 g/mol. The molecule has 1 aliphatic heterocycles. The summed E-state index contributed by atoms with van der Waals surface area (Å²) in [4.78, 5) is 14.3. The van der Waals surface area contributed by atoms with Gasteiger partial charge in [-0.2, -0.15) is 5.10 Å². The minimum atomic E-state index is -0.0637. The van der Waals surface area contributed by atoms with Gasteiger partial charge in [0, 0.05) is 19.6 Å². The van der Waals surface area contributed by atoms with Crippen molar-refractivity contribution in [3.8, 4) is 11.5 Å². The van der Waals surface area contributed by atoms with Crippen LogP contribution in [-0.2, 0) is 31.0 Å². The molecule has 26 heavy (non-hydrogen) atoms. The van der Waals surface area contributed by atoms with Gasteiger partial charge in [-0.1, -0.05) is 6.07 Å². The molecule has 0 atom stereocenters. The summed E-state index contributed by atoms with van der Waals surface area (Å²) in [6, 6.07) is 7.46. The molecule has 140 valence electrons. The van der Waals surface area contributed by atoms with Crippen molar-refractivity contribution >= 4 is 5.91 Å². The third-order valence-electron chi connectivity index (χ3n) is 4.39. The predicted molar refractivity (Wildman–Crippen MR) is 94.8 cm³/mol. The van der Waals surface area contributed by atoms with E-state index in [1.54, 1.807) is 14.2 Å². The quantitative estimate of drug-likeness (QED) is 0.749. The number of fused-ring (bicyclic) bond motifs is 1. The van der Waals surface area contributed by atoms with Crippen LogP contribution in [0.3, 0.4) is 0 Å². The number of rotatable bonds is 7. The second-order valence-electron chi connectivity index (χ2n) is 6.18. The lowest BCUT2D eigenvalue weighted by molar-refractivity contribution is -0.122. The van der Waals surface area contributed by atoms with Crippen LogP contribution in [0.15, 0.2) is 24.3 Å². The lowest BCUT2D eigenvalue weighted by Gasteiger charge is -2.26. The first-order chi connectivity index (χ1) is 12.6. The number of aromatic nitrogens is 2. The van der Waals surface area contributed by atoms with E-state index in [1.165, 1.54) is 0 Å². The molecule has 0 saturated carbocycles. The number of benzene rings is 1. The van der Waals surface area contributed by atoms with Crippen molar-refractivity contribution in [2.75, 3.05) is 27.3 Å². The van der Waals surface area contributed by atoms with Crippen LogP contribution in [0, 0.1) is 0 Å². The summed E-state index contributed by atoms with van der Waals surface area (Å²) >= 11 is 0. The van der Waals surface area contributed by atoms with Gasteiger partial charge >= 0.3 is 0 Å². The Morgan fingerprint density at radius 3 is 2.77 bits per heavy atom. The molecule has 2 aromatic rings. The third kappa shape index (κ3) is 4.14. The Morgan fingerprint density at radius 2 is 2.04 bits per heavy atom. The second-order valence-corrected chi connectivity index (χ2v) is 6.18. The highest BCUT2D eigenvalue weighted by molar-refractivity contribution is 5.78. The Balaban J connectivity index is 1.52. The van der Waals surface area contributed by atoms with Crippen LogP contribution in [-0.4, -0.2) is 53.0 Å². The number of aliphatic hydroxyl groups excluding tert-OH is 1. The highest BCUT2D eigenvalue weighted by atomic mass is 16.5. The van der Waals surface area contributed by atoms with Gasteiger partial charge in [-0.3, -0.25) is 14.4 Å². The molecule has 0 bridgehead atoms. The molecular weight excluding hydrogens is 336 g/mol. The summed E-state index contributed by atoms with van der Waals surface area (Å²) in [5, 5.41) is 16.4. The van der Waals surface area contributed by atoms with Crippen LogP contribution in [0.4, 0.5) is 0 Å². The average Bonchev–Trinajstić information content (AvgIpc) is 3.08. The van der Waals surface area contributed by atoms with Gasteiger partial charge in [-0.25, -0.2) is 0 Å². The molecule has 0 saturated heterocycles. The van der Waals surface area contributed by atoms with Crippen LogP contribution >= 0.6 is 0 Å². The number of nitrogens with one attached hydrogen (secondary N) is 1. The van der Waals surface area contributed by atoms with Crippen LogP contribution in [0.25, 0.3) is 0 Å². The molecule has 8 heteroatoms. The van der Waals surface area contributed by atoms with Gasteiger partial charge in [0.1, 0.15) is 0 Å². The van der Waals surface area contributed by atoms with E-state index in [4.69, 9.17) is 9.47 Å². The highest BCUT2D eigenvalue weighted by Crippen LogP contribution is 2.27. The summed E-state index contributed by atoms with van der Waals surface area (Å²) in [6.45, 7) is 2.82. The molecule has 0 radical (unpaired) electrons. The van der Waals surface area contributed by atoms with E-state index < -0.39 is 0 Å². The number of nitrogens with zero attached hydrogens (tertiary/aromatic N) is 3. The lowest BCUT2D eigenvalue weighted by atomic mass is 10.2. The molecule has 0 aliphatic carbocycles. The van der Waals surface area contributed by atoms with Crippen molar-refractivity contribution in [3.05, 3.63) is 41.2 Å². The van der Waals surface area contributed by atoms with Crippen LogP contribution in [0.1, 0.15) is 17.0 Å². The molecule has 8 nitrogen and oxygen atoms in total. The Hall–Kier alpha value is -2.58. The minimum absolute atomic E-state index is 0.0323. The van der Waals surface area contributed by atoms with E-state index in [0.29, 0.717) is 36.8 Å². The number of hydrogen-bond donors (Lipinski definition) is 2. The first-order valence-corrected chi connectivity index (χ1v) is 8.49. The van der Waals surface area contributed by atoms with Gasteiger partial charge in [-0.05, 0) is 23.8 Å². The first kappa shape index (κ1) is 18.2. The Kier molecular flexibility index (Phi) is 5.75. The molecule has 1 aliphatic rings. The number of aliphatic hydroxyl groups is 1. The number of carbonyl (C=O) groups excluding carboxylic acids is 1.